The molecule has 126 valence electrons. The highest BCUT2D eigenvalue weighted by Crippen LogP contribution is 2.23. The molecule has 0 aromatic heterocycles. The molecule has 0 aliphatic heterocycles. The number of amides is 1. The first-order chi connectivity index (χ1) is 11.1. The van der Waals surface area contributed by atoms with Crippen LogP contribution >= 0.6 is 0 Å². The molecule has 1 saturated carbocycles. The van der Waals surface area contributed by atoms with Gasteiger partial charge in [-0.05, 0) is 36.5 Å². The van der Waals surface area contributed by atoms with Gasteiger partial charge in [0.25, 0.3) is 5.91 Å². The molecule has 0 heterocycles. The molecule has 0 spiro atoms. The fourth-order valence-electron chi connectivity index (χ4n) is 2.93. The molecule has 0 saturated heterocycles. The number of esters is 1. The zero-order valence-electron chi connectivity index (χ0n) is 13.8. The lowest BCUT2D eigenvalue weighted by molar-refractivity contribution is -0.148. The lowest BCUT2D eigenvalue weighted by atomic mass is 9.86. The molecule has 5 nitrogen and oxygen atoms in total. The van der Waals surface area contributed by atoms with Gasteiger partial charge in [0.15, 0.2) is 6.61 Å². The third-order valence-electron chi connectivity index (χ3n) is 4.30. The van der Waals surface area contributed by atoms with Gasteiger partial charge in [0.05, 0.1) is 13.5 Å². The molecule has 1 N–H and O–H groups in total. The summed E-state index contributed by atoms with van der Waals surface area (Å²) >= 11 is 0. The van der Waals surface area contributed by atoms with Crippen molar-refractivity contribution in [3.63, 3.8) is 0 Å². The van der Waals surface area contributed by atoms with Crippen molar-refractivity contribution in [3.8, 4) is 5.75 Å². The molecule has 1 aromatic carbocycles. The van der Waals surface area contributed by atoms with E-state index in [9.17, 15) is 9.59 Å². The van der Waals surface area contributed by atoms with Crippen LogP contribution < -0.4 is 10.1 Å². The van der Waals surface area contributed by atoms with Crippen LogP contribution in [0.1, 0.15) is 38.2 Å². The van der Waals surface area contributed by atoms with Gasteiger partial charge in [0, 0.05) is 6.04 Å². The van der Waals surface area contributed by atoms with E-state index in [2.05, 4.69) is 12.2 Å². The molecule has 5 heteroatoms. The zero-order valence-corrected chi connectivity index (χ0v) is 13.8. The van der Waals surface area contributed by atoms with Crippen molar-refractivity contribution in [2.75, 3.05) is 13.7 Å². The standard InChI is InChI=1S/C18H25NO4/c1-13-6-3-4-9-16(13)19-17(20)12-23-18(21)11-14-7-5-8-15(10-14)22-2/h5,7-8,10,13,16H,3-4,6,9,11-12H2,1-2H3,(H,19,20)/t13-,16-/m0/s1. The molecule has 23 heavy (non-hydrogen) atoms. The van der Waals surface area contributed by atoms with Crippen LogP contribution in [0.3, 0.4) is 0 Å². The quantitative estimate of drug-likeness (QED) is 0.818. The van der Waals surface area contributed by atoms with Crippen molar-refractivity contribution in [1.82, 2.24) is 5.32 Å². The molecule has 1 aliphatic carbocycles. The van der Waals surface area contributed by atoms with E-state index in [4.69, 9.17) is 9.47 Å². The Kier molecular flexibility index (Phi) is 6.44. The number of nitrogens with one attached hydrogen (secondary N) is 1. The van der Waals surface area contributed by atoms with Gasteiger partial charge in [-0.15, -0.1) is 0 Å². The van der Waals surface area contributed by atoms with Crippen LogP contribution in [0.2, 0.25) is 0 Å². The van der Waals surface area contributed by atoms with Crippen molar-refractivity contribution >= 4 is 11.9 Å². The lowest BCUT2D eigenvalue weighted by Gasteiger charge is -2.29. The summed E-state index contributed by atoms with van der Waals surface area (Å²) in [5.74, 6) is 0.548. The summed E-state index contributed by atoms with van der Waals surface area (Å²) in [5.41, 5.74) is 0.802. The van der Waals surface area contributed by atoms with Crippen molar-refractivity contribution in [3.05, 3.63) is 29.8 Å². The van der Waals surface area contributed by atoms with Crippen molar-refractivity contribution in [2.24, 2.45) is 5.92 Å². The van der Waals surface area contributed by atoms with Crippen LogP contribution in [-0.4, -0.2) is 31.6 Å². The fraction of sp³-hybridized carbons (Fsp3) is 0.556. The minimum atomic E-state index is -0.412. The van der Waals surface area contributed by atoms with Crippen molar-refractivity contribution < 1.29 is 19.1 Å². The summed E-state index contributed by atoms with van der Waals surface area (Å²) in [5, 5.41) is 2.97. The molecule has 2 atom stereocenters. The average molecular weight is 319 g/mol. The Bertz CT molecular complexity index is 544. The maximum Gasteiger partial charge on any atom is 0.310 e. The molecule has 0 bridgehead atoms. The lowest BCUT2D eigenvalue weighted by Crippen LogP contribution is -2.42. The second-order valence-corrected chi connectivity index (χ2v) is 6.12. The summed E-state index contributed by atoms with van der Waals surface area (Å²) in [6.07, 6.45) is 4.64. The topological polar surface area (TPSA) is 64.6 Å². The summed E-state index contributed by atoms with van der Waals surface area (Å²) in [7, 11) is 1.58. The Morgan fingerprint density at radius 2 is 2.04 bits per heavy atom. The minimum absolute atomic E-state index is 0.129. The number of carbonyl (C=O) groups is 2. The minimum Gasteiger partial charge on any atom is -0.497 e. The molecule has 0 radical (unpaired) electrons. The Morgan fingerprint density at radius 3 is 2.78 bits per heavy atom. The first-order valence-corrected chi connectivity index (χ1v) is 8.16. The van der Waals surface area contributed by atoms with E-state index in [1.54, 1.807) is 13.2 Å². The number of carbonyl (C=O) groups excluding carboxylic acids is 2. The molecule has 2 rings (SSSR count). The third-order valence-corrected chi connectivity index (χ3v) is 4.30. The normalized spacial score (nSPS) is 20.6. The van der Waals surface area contributed by atoms with E-state index in [1.165, 1.54) is 6.42 Å². The molecular formula is C18H25NO4. The van der Waals surface area contributed by atoms with Gasteiger partial charge in [-0.3, -0.25) is 9.59 Å². The van der Waals surface area contributed by atoms with Crippen molar-refractivity contribution in [1.29, 1.82) is 0 Å². The number of rotatable bonds is 6. The van der Waals surface area contributed by atoms with Crippen LogP contribution in [0.15, 0.2) is 24.3 Å². The van der Waals surface area contributed by atoms with Crippen molar-refractivity contribution in [2.45, 2.75) is 45.1 Å². The second-order valence-electron chi connectivity index (χ2n) is 6.12. The average Bonchev–Trinajstić information content (AvgIpc) is 2.55. The predicted octanol–water partition coefficient (Wildman–Crippen LogP) is 2.48. The van der Waals surface area contributed by atoms with E-state index < -0.39 is 5.97 Å². The number of hydrogen-bond donors (Lipinski definition) is 1. The highest BCUT2D eigenvalue weighted by Gasteiger charge is 2.23. The number of ether oxygens (including phenoxy) is 2. The highest BCUT2D eigenvalue weighted by atomic mass is 16.5. The highest BCUT2D eigenvalue weighted by molar-refractivity contribution is 5.81. The Labute approximate surface area is 137 Å². The Morgan fingerprint density at radius 1 is 1.26 bits per heavy atom. The van der Waals surface area contributed by atoms with Gasteiger partial charge in [-0.25, -0.2) is 0 Å². The summed E-state index contributed by atoms with van der Waals surface area (Å²) in [6, 6.07) is 7.44. The van der Waals surface area contributed by atoms with E-state index in [-0.39, 0.29) is 25.0 Å². The van der Waals surface area contributed by atoms with Gasteiger partial charge < -0.3 is 14.8 Å². The predicted molar refractivity (Wildman–Crippen MR) is 87.2 cm³/mol. The number of methoxy groups -OCH3 is 1. The summed E-state index contributed by atoms with van der Waals surface area (Å²) < 4.78 is 10.2. The van der Waals surface area contributed by atoms with Crippen LogP contribution in [0, 0.1) is 5.92 Å². The largest absolute Gasteiger partial charge is 0.497 e. The SMILES string of the molecule is COc1cccc(CC(=O)OCC(=O)N[C@H]2CCCC[C@@H]2C)c1. The molecule has 1 aromatic rings. The van der Waals surface area contributed by atoms with Gasteiger partial charge in [-0.2, -0.15) is 0 Å². The van der Waals surface area contributed by atoms with Gasteiger partial charge in [-0.1, -0.05) is 31.9 Å². The monoisotopic (exact) mass is 319 g/mol. The van der Waals surface area contributed by atoms with Gasteiger partial charge in [0.1, 0.15) is 5.75 Å². The Balaban J connectivity index is 1.74. The van der Waals surface area contributed by atoms with Crippen LogP contribution in [0.4, 0.5) is 0 Å². The summed E-state index contributed by atoms with van der Waals surface area (Å²) in [6.45, 7) is 1.94. The van der Waals surface area contributed by atoms with Crippen LogP contribution in [0.5, 0.6) is 5.75 Å². The molecular weight excluding hydrogens is 294 g/mol. The molecule has 1 amide bonds. The molecule has 0 unspecified atom stereocenters. The number of benzene rings is 1. The number of hydrogen-bond acceptors (Lipinski definition) is 4. The van der Waals surface area contributed by atoms with Gasteiger partial charge >= 0.3 is 5.97 Å². The maximum absolute atomic E-state index is 11.9. The van der Waals surface area contributed by atoms with E-state index >= 15 is 0 Å². The van der Waals surface area contributed by atoms with Crippen LogP contribution in [0.25, 0.3) is 0 Å². The first-order valence-electron chi connectivity index (χ1n) is 8.16. The van der Waals surface area contributed by atoms with E-state index in [0.717, 1.165) is 24.8 Å². The second kappa shape index (κ2) is 8.56. The zero-order chi connectivity index (χ0) is 16.7. The third kappa shape index (κ3) is 5.58. The first kappa shape index (κ1) is 17.3. The van der Waals surface area contributed by atoms with E-state index in [1.807, 2.05) is 18.2 Å². The molecule has 1 fully saturated rings. The summed E-state index contributed by atoms with van der Waals surface area (Å²) in [4.78, 5) is 23.7. The smallest absolute Gasteiger partial charge is 0.310 e. The van der Waals surface area contributed by atoms with E-state index in [0.29, 0.717) is 11.7 Å². The maximum atomic E-state index is 11.9. The Hall–Kier alpha value is -2.04. The van der Waals surface area contributed by atoms with Gasteiger partial charge in [0.2, 0.25) is 0 Å². The van der Waals surface area contributed by atoms with Crippen LogP contribution in [-0.2, 0) is 20.7 Å². The fourth-order valence-corrected chi connectivity index (χ4v) is 2.93. The molecule has 1 aliphatic rings.